The fraction of sp³-hybridized carbons (Fsp3) is 0.278. The van der Waals surface area contributed by atoms with E-state index in [9.17, 15) is 0 Å². The summed E-state index contributed by atoms with van der Waals surface area (Å²) in [5.74, 6) is 0.578. The van der Waals surface area contributed by atoms with Crippen molar-refractivity contribution in [2.45, 2.75) is 27.2 Å². The lowest BCUT2D eigenvalue weighted by Gasteiger charge is -2.07. The minimum atomic E-state index is 0.578. The first-order valence-electron chi connectivity index (χ1n) is 7.53. The van der Waals surface area contributed by atoms with Gasteiger partial charge in [-0.05, 0) is 43.5 Å². The fourth-order valence-electron chi connectivity index (χ4n) is 2.61. The average molecular weight is 292 g/mol. The quantitative estimate of drug-likeness (QED) is 0.439. The number of anilines is 1. The molecule has 2 N–H and O–H groups in total. The number of nitrogens with two attached hydrogens (primary N) is 1. The van der Waals surface area contributed by atoms with Gasteiger partial charge in [0.2, 0.25) is 0 Å². The van der Waals surface area contributed by atoms with E-state index in [1.165, 1.54) is 0 Å². The molecule has 0 radical (unpaired) electrons. The normalized spacial score (nSPS) is 12.5. The summed E-state index contributed by atoms with van der Waals surface area (Å²) >= 11 is 0. The van der Waals surface area contributed by atoms with Crippen molar-refractivity contribution in [3.8, 4) is 0 Å². The van der Waals surface area contributed by atoms with Crippen LogP contribution in [0.3, 0.4) is 0 Å². The van der Waals surface area contributed by atoms with Crippen LogP contribution >= 0.6 is 0 Å². The number of benzene rings is 2. The van der Waals surface area contributed by atoms with Gasteiger partial charge in [-0.1, -0.05) is 26.0 Å². The first-order chi connectivity index (χ1) is 10.5. The van der Waals surface area contributed by atoms with Crippen LogP contribution < -0.4 is 5.73 Å². The molecule has 112 valence electrons. The zero-order chi connectivity index (χ0) is 15.7. The second-order valence-corrected chi connectivity index (χ2v) is 6.06. The van der Waals surface area contributed by atoms with Gasteiger partial charge in [-0.2, -0.15) is 0 Å². The molecule has 22 heavy (non-hydrogen) atoms. The predicted octanol–water partition coefficient (Wildman–Crippen LogP) is 4.50. The molecule has 2 aromatic carbocycles. The highest BCUT2D eigenvalue weighted by atomic mass is 14.8. The number of aliphatic imine (C=N–C) groups is 1. The van der Waals surface area contributed by atoms with Crippen LogP contribution in [0.25, 0.3) is 22.1 Å². The smallest absolute Gasteiger partial charge is 0.0917 e. The van der Waals surface area contributed by atoms with Crippen LogP contribution in [0.15, 0.2) is 41.4 Å². The lowest BCUT2D eigenvalue weighted by atomic mass is 10.1. The van der Waals surface area contributed by atoms with Gasteiger partial charge in [0.05, 0.1) is 33.4 Å². The molecule has 3 rings (SSSR count). The molecule has 0 bridgehead atoms. The molecule has 0 amide bonds. The fourth-order valence-corrected chi connectivity index (χ4v) is 2.61. The maximum atomic E-state index is 6.13. The molecule has 4 heteroatoms. The minimum absolute atomic E-state index is 0.578. The van der Waals surface area contributed by atoms with Crippen LogP contribution in [0.2, 0.25) is 0 Å². The van der Waals surface area contributed by atoms with Gasteiger partial charge in [-0.25, -0.2) is 9.97 Å². The third kappa shape index (κ3) is 2.91. The summed E-state index contributed by atoms with van der Waals surface area (Å²) in [6, 6.07) is 11.6. The van der Waals surface area contributed by atoms with Crippen molar-refractivity contribution in [1.29, 1.82) is 0 Å². The van der Waals surface area contributed by atoms with Gasteiger partial charge in [-0.15, -0.1) is 0 Å². The second kappa shape index (κ2) is 5.72. The monoisotopic (exact) mass is 292 g/mol. The Morgan fingerprint density at radius 1 is 1.05 bits per heavy atom. The Bertz CT molecular complexity index is 865. The first-order valence-corrected chi connectivity index (χ1v) is 7.53. The number of para-hydroxylation sites is 2. The summed E-state index contributed by atoms with van der Waals surface area (Å²) < 4.78 is 0. The van der Waals surface area contributed by atoms with Gasteiger partial charge in [0.25, 0.3) is 0 Å². The maximum Gasteiger partial charge on any atom is 0.0917 e. The van der Waals surface area contributed by atoms with E-state index in [-0.39, 0.29) is 0 Å². The van der Waals surface area contributed by atoms with Gasteiger partial charge in [0, 0.05) is 5.71 Å². The zero-order valence-electron chi connectivity index (χ0n) is 13.2. The summed E-state index contributed by atoms with van der Waals surface area (Å²) in [6.07, 6.45) is 0.959. The van der Waals surface area contributed by atoms with Crippen molar-refractivity contribution in [3.63, 3.8) is 0 Å². The van der Waals surface area contributed by atoms with E-state index in [1.54, 1.807) is 0 Å². The molecule has 0 fully saturated rings. The number of fused-ring (bicyclic) bond motifs is 2. The van der Waals surface area contributed by atoms with Gasteiger partial charge in [0.15, 0.2) is 0 Å². The van der Waals surface area contributed by atoms with Gasteiger partial charge < -0.3 is 5.73 Å². The first kappa shape index (κ1) is 14.4. The minimum Gasteiger partial charge on any atom is -0.397 e. The SMILES string of the molecule is CC(CC(C)C)=Nc1cc2nc3ccccc3nc2cc1N. The molecule has 0 aliphatic rings. The molecule has 3 aromatic rings. The topological polar surface area (TPSA) is 64.2 Å². The zero-order valence-corrected chi connectivity index (χ0v) is 13.2. The molecule has 0 atom stereocenters. The number of rotatable bonds is 3. The summed E-state index contributed by atoms with van der Waals surface area (Å²) in [6.45, 7) is 6.40. The van der Waals surface area contributed by atoms with Crippen molar-refractivity contribution in [2.75, 3.05) is 5.73 Å². The lowest BCUT2D eigenvalue weighted by Crippen LogP contribution is -1.98. The van der Waals surface area contributed by atoms with Gasteiger partial charge >= 0.3 is 0 Å². The maximum absolute atomic E-state index is 6.13. The van der Waals surface area contributed by atoms with Crippen LogP contribution in [0, 0.1) is 5.92 Å². The van der Waals surface area contributed by atoms with E-state index in [1.807, 2.05) is 43.3 Å². The highest BCUT2D eigenvalue weighted by Gasteiger charge is 2.07. The Kier molecular flexibility index (Phi) is 3.75. The molecular weight excluding hydrogens is 272 g/mol. The number of hydrogen-bond acceptors (Lipinski definition) is 4. The van der Waals surface area contributed by atoms with Gasteiger partial charge in [-0.3, -0.25) is 4.99 Å². The number of nitrogens with zero attached hydrogens (tertiary/aromatic N) is 3. The molecule has 4 nitrogen and oxygen atoms in total. The highest BCUT2D eigenvalue weighted by Crippen LogP contribution is 2.28. The highest BCUT2D eigenvalue weighted by molar-refractivity contribution is 5.93. The van der Waals surface area contributed by atoms with E-state index < -0.39 is 0 Å². The van der Waals surface area contributed by atoms with E-state index >= 15 is 0 Å². The van der Waals surface area contributed by atoms with Crippen LogP contribution in [0.1, 0.15) is 27.2 Å². The summed E-state index contributed by atoms with van der Waals surface area (Å²) in [5.41, 5.74) is 12.0. The average Bonchev–Trinajstić information content (AvgIpc) is 2.45. The van der Waals surface area contributed by atoms with Gasteiger partial charge in [0.1, 0.15) is 0 Å². The number of nitrogen functional groups attached to an aromatic ring is 1. The van der Waals surface area contributed by atoms with Crippen LogP contribution in [0.4, 0.5) is 11.4 Å². The Balaban J connectivity index is 2.12. The van der Waals surface area contributed by atoms with E-state index in [0.717, 1.165) is 39.9 Å². The van der Waals surface area contributed by atoms with Crippen molar-refractivity contribution in [1.82, 2.24) is 9.97 Å². The van der Waals surface area contributed by atoms with Crippen LogP contribution in [-0.2, 0) is 0 Å². The number of hydrogen-bond donors (Lipinski definition) is 1. The summed E-state index contributed by atoms with van der Waals surface area (Å²) in [7, 11) is 0. The molecule has 0 aliphatic carbocycles. The number of aromatic nitrogens is 2. The Morgan fingerprint density at radius 2 is 1.64 bits per heavy atom. The van der Waals surface area contributed by atoms with E-state index in [4.69, 9.17) is 5.73 Å². The molecule has 0 saturated heterocycles. The standard InChI is InChI=1S/C18H20N4/c1-11(2)8-12(3)20-16-10-18-17(9-13(16)19)21-14-6-4-5-7-15(14)22-18/h4-7,9-11H,8,19H2,1-3H3. The van der Waals surface area contributed by atoms with Crippen LogP contribution in [-0.4, -0.2) is 15.7 Å². The van der Waals surface area contributed by atoms with Crippen molar-refractivity contribution in [2.24, 2.45) is 10.9 Å². The predicted molar refractivity (Wildman–Crippen MR) is 93.7 cm³/mol. The Morgan fingerprint density at radius 3 is 2.23 bits per heavy atom. The van der Waals surface area contributed by atoms with E-state index in [0.29, 0.717) is 11.6 Å². The molecule has 1 aromatic heterocycles. The molecule has 0 aliphatic heterocycles. The lowest BCUT2D eigenvalue weighted by molar-refractivity contribution is 0.682. The summed E-state index contributed by atoms with van der Waals surface area (Å²) in [4.78, 5) is 13.9. The molecule has 0 spiro atoms. The largest absolute Gasteiger partial charge is 0.397 e. The Hall–Kier alpha value is -2.49. The molecule has 0 unspecified atom stereocenters. The Labute approximate surface area is 130 Å². The third-order valence-electron chi connectivity index (χ3n) is 3.50. The second-order valence-electron chi connectivity index (χ2n) is 6.06. The van der Waals surface area contributed by atoms with Crippen molar-refractivity contribution < 1.29 is 0 Å². The molecule has 0 saturated carbocycles. The third-order valence-corrected chi connectivity index (χ3v) is 3.50. The molecule has 1 heterocycles. The van der Waals surface area contributed by atoms with Crippen molar-refractivity contribution in [3.05, 3.63) is 36.4 Å². The van der Waals surface area contributed by atoms with E-state index in [2.05, 4.69) is 28.8 Å². The summed E-state index contributed by atoms with van der Waals surface area (Å²) in [5, 5.41) is 0. The van der Waals surface area contributed by atoms with Crippen LogP contribution in [0.5, 0.6) is 0 Å². The van der Waals surface area contributed by atoms with Crippen molar-refractivity contribution >= 4 is 39.2 Å². The molecular formula is C18H20N4.